The first kappa shape index (κ1) is 15.8. The van der Waals surface area contributed by atoms with Gasteiger partial charge in [-0.1, -0.05) is 66.7 Å². The Morgan fingerprint density at radius 3 is 2.17 bits per heavy atom. The van der Waals surface area contributed by atoms with Gasteiger partial charge in [0.15, 0.2) is 0 Å². The Morgan fingerprint density at radius 2 is 1.42 bits per heavy atom. The molecule has 0 spiro atoms. The highest BCUT2D eigenvalue weighted by molar-refractivity contribution is 5.98. The molecule has 3 rings (SSSR count). The summed E-state index contributed by atoms with van der Waals surface area (Å²) in [6.45, 7) is 0.250. The highest BCUT2D eigenvalue weighted by Gasteiger charge is 2.16. The van der Waals surface area contributed by atoms with Crippen molar-refractivity contribution in [2.24, 2.45) is 0 Å². The molecule has 0 atom stereocenters. The van der Waals surface area contributed by atoms with Gasteiger partial charge in [-0.05, 0) is 23.3 Å². The molecule has 120 valence electrons. The molecule has 0 heterocycles. The lowest BCUT2D eigenvalue weighted by atomic mass is 9.99. The van der Waals surface area contributed by atoms with Crippen molar-refractivity contribution in [2.75, 3.05) is 7.11 Å². The van der Waals surface area contributed by atoms with Crippen LogP contribution >= 0.6 is 0 Å². The Balaban J connectivity index is 1.87. The number of ether oxygens (including phenoxy) is 2. The van der Waals surface area contributed by atoms with Crippen LogP contribution in [-0.4, -0.2) is 13.1 Å². The van der Waals surface area contributed by atoms with E-state index in [1.165, 1.54) is 0 Å². The van der Waals surface area contributed by atoms with Crippen molar-refractivity contribution in [1.29, 1.82) is 0 Å². The number of carbonyl (C=O) groups excluding carboxylic acids is 1. The Labute approximate surface area is 141 Å². The van der Waals surface area contributed by atoms with Crippen molar-refractivity contribution in [1.82, 2.24) is 0 Å². The Bertz CT molecular complexity index is 825. The number of carbonyl (C=O) groups is 1. The molecule has 24 heavy (non-hydrogen) atoms. The van der Waals surface area contributed by atoms with Gasteiger partial charge in [-0.15, -0.1) is 0 Å². The quantitative estimate of drug-likeness (QED) is 0.639. The molecule has 0 unspecified atom stereocenters. The Morgan fingerprint density at radius 1 is 0.792 bits per heavy atom. The molecule has 3 nitrogen and oxygen atoms in total. The van der Waals surface area contributed by atoms with Gasteiger partial charge >= 0.3 is 5.97 Å². The normalized spacial score (nSPS) is 10.2. The minimum atomic E-state index is -0.347. The zero-order valence-corrected chi connectivity index (χ0v) is 13.4. The van der Waals surface area contributed by atoms with Crippen LogP contribution in [0.5, 0.6) is 5.75 Å². The molecule has 3 heteroatoms. The van der Waals surface area contributed by atoms with E-state index in [4.69, 9.17) is 9.47 Å². The van der Waals surface area contributed by atoms with E-state index < -0.39 is 0 Å². The summed E-state index contributed by atoms with van der Waals surface area (Å²) in [7, 11) is 1.62. The third-order valence-corrected chi connectivity index (χ3v) is 3.76. The minimum absolute atomic E-state index is 0.250. The van der Waals surface area contributed by atoms with Crippen molar-refractivity contribution in [3.05, 3.63) is 90.0 Å². The van der Waals surface area contributed by atoms with Gasteiger partial charge in [0.25, 0.3) is 0 Å². The summed E-state index contributed by atoms with van der Waals surface area (Å²) in [5, 5.41) is 0. The summed E-state index contributed by atoms with van der Waals surface area (Å²) in [6.07, 6.45) is 0. The molecule has 0 N–H and O–H groups in total. The number of esters is 1. The van der Waals surface area contributed by atoms with Crippen LogP contribution in [0.2, 0.25) is 0 Å². The van der Waals surface area contributed by atoms with Gasteiger partial charge in [0.2, 0.25) is 0 Å². The van der Waals surface area contributed by atoms with Crippen molar-refractivity contribution in [2.45, 2.75) is 6.61 Å². The standard InChI is InChI=1S/C21H18O3/c1-23-20-14-8-7-12-18(20)17-11-5-6-13-19(17)21(22)24-15-16-9-3-2-4-10-16/h2-14H,15H2,1H3. The third-order valence-electron chi connectivity index (χ3n) is 3.76. The second kappa shape index (κ2) is 7.47. The summed E-state index contributed by atoms with van der Waals surface area (Å²) >= 11 is 0. The number of hydrogen-bond donors (Lipinski definition) is 0. The Hall–Kier alpha value is -3.07. The van der Waals surface area contributed by atoms with E-state index >= 15 is 0 Å². The first-order valence-corrected chi connectivity index (χ1v) is 7.73. The summed E-state index contributed by atoms with van der Waals surface area (Å²) < 4.78 is 10.9. The molecule has 0 fully saturated rings. The average Bonchev–Trinajstić information content (AvgIpc) is 2.67. The maximum atomic E-state index is 12.5. The van der Waals surface area contributed by atoms with Crippen LogP contribution in [0, 0.1) is 0 Å². The predicted molar refractivity (Wildman–Crippen MR) is 94.0 cm³/mol. The predicted octanol–water partition coefficient (Wildman–Crippen LogP) is 4.72. The topological polar surface area (TPSA) is 35.5 Å². The van der Waals surface area contributed by atoms with E-state index in [1.54, 1.807) is 13.2 Å². The summed E-state index contributed by atoms with van der Waals surface area (Å²) in [6, 6.07) is 24.7. The second-order valence-corrected chi connectivity index (χ2v) is 5.31. The highest BCUT2D eigenvalue weighted by Crippen LogP contribution is 2.32. The molecule has 0 aliphatic rings. The molecular formula is C21H18O3. The number of benzene rings is 3. The molecule has 0 saturated heterocycles. The van der Waals surface area contributed by atoms with E-state index in [1.807, 2.05) is 72.8 Å². The van der Waals surface area contributed by atoms with Crippen LogP contribution in [0.25, 0.3) is 11.1 Å². The van der Waals surface area contributed by atoms with Crippen LogP contribution in [0.1, 0.15) is 15.9 Å². The lowest BCUT2D eigenvalue weighted by Gasteiger charge is -2.12. The van der Waals surface area contributed by atoms with Gasteiger partial charge in [0, 0.05) is 5.56 Å². The minimum Gasteiger partial charge on any atom is -0.496 e. The number of para-hydroxylation sites is 1. The lowest BCUT2D eigenvalue weighted by Crippen LogP contribution is -2.07. The maximum Gasteiger partial charge on any atom is 0.339 e. The Kier molecular flexibility index (Phi) is 4.92. The molecule has 0 amide bonds. The van der Waals surface area contributed by atoms with Gasteiger partial charge in [-0.25, -0.2) is 4.79 Å². The van der Waals surface area contributed by atoms with Gasteiger partial charge < -0.3 is 9.47 Å². The second-order valence-electron chi connectivity index (χ2n) is 5.31. The smallest absolute Gasteiger partial charge is 0.339 e. The average molecular weight is 318 g/mol. The largest absolute Gasteiger partial charge is 0.496 e. The molecule has 0 aromatic heterocycles. The molecule has 3 aromatic carbocycles. The van der Waals surface area contributed by atoms with Crippen LogP contribution in [0.4, 0.5) is 0 Å². The first-order chi connectivity index (χ1) is 11.8. The van der Waals surface area contributed by atoms with Crippen molar-refractivity contribution < 1.29 is 14.3 Å². The fraction of sp³-hybridized carbons (Fsp3) is 0.0952. The van der Waals surface area contributed by atoms with E-state index in [2.05, 4.69) is 0 Å². The summed E-state index contributed by atoms with van der Waals surface area (Å²) in [5.74, 6) is 0.376. The van der Waals surface area contributed by atoms with Crippen molar-refractivity contribution >= 4 is 5.97 Å². The van der Waals surface area contributed by atoms with Gasteiger partial charge in [0.05, 0.1) is 12.7 Å². The molecule has 0 bridgehead atoms. The van der Waals surface area contributed by atoms with E-state index in [9.17, 15) is 4.79 Å². The van der Waals surface area contributed by atoms with Gasteiger partial charge in [-0.3, -0.25) is 0 Å². The van der Waals surface area contributed by atoms with Gasteiger partial charge in [-0.2, -0.15) is 0 Å². The van der Waals surface area contributed by atoms with E-state index in [-0.39, 0.29) is 12.6 Å². The zero-order valence-electron chi connectivity index (χ0n) is 13.4. The van der Waals surface area contributed by atoms with E-state index in [0.29, 0.717) is 5.56 Å². The SMILES string of the molecule is COc1ccccc1-c1ccccc1C(=O)OCc1ccccc1. The molecule has 0 saturated carbocycles. The highest BCUT2D eigenvalue weighted by atomic mass is 16.5. The molecule has 0 radical (unpaired) electrons. The van der Waals surface area contributed by atoms with Crippen LogP contribution in [-0.2, 0) is 11.3 Å². The van der Waals surface area contributed by atoms with Crippen molar-refractivity contribution in [3.8, 4) is 16.9 Å². The molecular weight excluding hydrogens is 300 g/mol. The third kappa shape index (κ3) is 3.46. The fourth-order valence-electron chi connectivity index (χ4n) is 2.56. The van der Waals surface area contributed by atoms with Crippen LogP contribution in [0.3, 0.4) is 0 Å². The van der Waals surface area contributed by atoms with Crippen LogP contribution in [0.15, 0.2) is 78.9 Å². The van der Waals surface area contributed by atoms with E-state index in [0.717, 1.165) is 22.4 Å². The molecule has 0 aliphatic heterocycles. The van der Waals surface area contributed by atoms with Crippen molar-refractivity contribution in [3.63, 3.8) is 0 Å². The first-order valence-electron chi connectivity index (χ1n) is 7.73. The lowest BCUT2D eigenvalue weighted by molar-refractivity contribution is 0.0473. The molecule has 3 aromatic rings. The number of rotatable bonds is 5. The summed E-state index contributed by atoms with van der Waals surface area (Å²) in [5.41, 5.74) is 3.15. The zero-order chi connectivity index (χ0) is 16.8. The number of hydrogen-bond acceptors (Lipinski definition) is 3. The fourth-order valence-corrected chi connectivity index (χ4v) is 2.56. The number of methoxy groups -OCH3 is 1. The van der Waals surface area contributed by atoms with Gasteiger partial charge in [0.1, 0.15) is 12.4 Å². The summed E-state index contributed by atoms with van der Waals surface area (Å²) in [4.78, 5) is 12.5. The molecule has 0 aliphatic carbocycles. The maximum absolute atomic E-state index is 12.5. The monoisotopic (exact) mass is 318 g/mol. The van der Waals surface area contributed by atoms with Crippen LogP contribution < -0.4 is 4.74 Å².